The van der Waals surface area contributed by atoms with E-state index in [2.05, 4.69) is 4.90 Å². The number of fused-ring (bicyclic) bond motifs is 1. The minimum absolute atomic E-state index is 0.126. The van der Waals surface area contributed by atoms with Crippen LogP contribution in [0.4, 0.5) is 0 Å². The Morgan fingerprint density at radius 3 is 2.30 bits per heavy atom. The summed E-state index contributed by atoms with van der Waals surface area (Å²) < 4.78 is 0. The van der Waals surface area contributed by atoms with Gasteiger partial charge in [0.2, 0.25) is 0 Å². The van der Waals surface area contributed by atoms with Crippen molar-refractivity contribution in [3.63, 3.8) is 0 Å². The standard InChI is InChI=1S/C15H18N2O3/c1-15(9-18)6-7-16(8-15)10-17-13(19)11-4-2-3-5-12(11)14(17)20/h2-5,18H,6-10H2,1H3. The molecule has 1 N–H and O–H groups in total. The van der Waals surface area contributed by atoms with Crippen molar-refractivity contribution in [2.45, 2.75) is 13.3 Å². The molecule has 0 saturated carbocycles. The smallest absolute Gasteiger partial charge is 0.262 e. The van der Waals surface area contributed by atoms with Crippen molar-refractivity contribution in [2.75, 3.05) is 26.4 Å². The lowest BCUT2D eigenvalue weighted by Gasteiger charge is -2.25. The molecule has 5 nitrogen and oxygen atoms in total. The molecule has 0 spiro atoms. The normalized spacial score (nSPS) is 26.4. The minimum Gasteiger partial charge on any atom is -0.396 e. The third kappa shape index (κ3) is 2.03. The molecule has 1 aromatic rings. The van der Waals surface area contributed by atoms with E-state index in [-0.39, 0.29) is 23.8 Å². The highest BCUT2D eigenvalue weighted by molar-refractivity contribution is 6.21. The molecule has 5 heteroatoms. The zero-order chi connectivity index (χ0) is 14.3. The van der Waals surface area contributed by atoms with Crippen LogP contribution in [0.3, 0.4) is 0 Å². The van der Waals surface area contributed by atoms with E-state index in [9.17, 15) is 14.7 Å². The molecule has 0 bridgehead atoms. The summed E-state index contributed by atoms with van der Waals surface area (Å²) in [6.07, 6.45) is 0.882. The van der Waals surface area contributed by atoms with Gasteiger partial charge in [-0.2, -0.15) is 0 Å². The van der Waals surface area contributed by atoms with Crippen molar-refractivity contribution in [3.05, 3.63) is 35.4 Å². The number of hydrogen-bond acceptors (Lipinski definition) is 4. The molecule has 2 aliphatic heterocycles. The molecular formula is C15H18N2O3. The highest BCUT2D eigenvalue weighted by Gasteiger charge is 2.39. The van der Waals surface area contributed by atoms with Crippen LogP contribution in [0.15, 0.2) is 24.3 Å². The third-order valence-electron chi connectivity index (χ3n) is 4.24. The summed E-state index contributed by atoms with van der Waals surface area (Å²) in [5.74, 6) is -0.439. The highest BCUT2D eigenvalue weighted by atomic mass is 16.3. The lowest BCUT2D eigenvalue weighted by Crippen LogP contribution is -2.41. The zero-order valence-corrected chi connectivity index (χ0v) is 11.5. The number of aliphatic hydroxyl groups is 1. The van der Waals surface area contributed by atoms with Gasteiger partial charge in [-0.25, -0.2) is 0 Å². The topological polar surface area (TPSA) is 60.9 Å². The van der Waals surface area contributed by atoms with Gasteiger partial charge in [0.1, 0.15) is 0 Å². The number of hydrogen-bond donors (Lipinski definition) is 1. The maximum absolute atomic E-state index is 12.3. The van der Waals surface area contributed by atoms with E-state index in [0.717, 1.165) is 13.0 Å². The Balaban J connectivity index is 1.75. The van der Waals surface area contributed by atoms with Crippen molar-refractivity contribution >= 4 is 11.8 Å². The number of likely N-dealkylation sites (tertiary alicyclic amines) is 1. The van der Waals surface area contributed by atoms with Gasteiger partial charge in [-0.1, -0.05) is 19.1 Å². The molecular weight excluding hydrogens is 256 g/mol. The van der Waals surface area contributed by atoms with E-state index >= 15 is 0 Å². The van der Waals surface area contributed by atoms with Crippen LogP contribution in [0.5, 0.6) is 0 Å². The zero-order valence-electron chi connectivity index (χ0n) is 11.5. The molecule has 106 valence electrons. The van der Waals surface area contributed by atoms with Gasteiger partial charge in [-0.05, 0) is 18.6 Å². The van der Waals surface area contributed by atoms with Gasteiger partial charge in [0.05, 0.1) is 17.8 Å². The Kier molecular flexibility index (Phi) is 3.11. The van der Waals surface area contributed by atoms with Gasteiger partial charge >= 0.3 is 0 Å². The van der Waals surface area contributed by atoms with Crippen LogP contribution >= 0.6 is 0 Å². The molecule has 3 rings (SSSR count). The molecule has 1 fully saturated rings. The van der Waals surface area contributed by atoms with Crippen LogP contribution in [0.2, 0.25) is 0 Å². The van der Waals surface area contributed by atoms with Gasteiger partial charge < -0.3 is 5.11 Å². The fraction of sp³-hybridized carbons (Fsp3) is 0.467. The first-order valence-electron chi connectivity index (χ1n) is 6.82. The molecule has 2 heterocycles. The van der Waals surface area contributed by atoms with Gasteiger partial charge in [0.25, 0.3) is 11.8 Å². The van der Waals surface area contributed by atoms with E-state index in [1.54, 1.807) is 24.3 Å². The van der Waals surface area contributed by atoms with Crippen LogP contribution in [-0.2, 0) is 0 Å². The monoisotopic (exact) mass is 274 g/mol. The SMILES string of the molecule is CC1(CO)CCN(CN2C(=O)c3ccccc3C2=O)C1. The molecule has 0 aliphatic carbocycles. The lowest BCUT2D eigenvalue weighted by atomic mass is 9.91. The summed E-state index contributed by atoms with van der Waals surface area (Å²) >= 11 is 0. The number of aliphatic hydroxyl groups excluding tert-OH is 1. The molecule has 0 aromatic heterocycles. The minimum atomic E-state index is -0.219. The number of benzene rings is 1. The summed E-state index contributed by atoms with van der Waals surface area (Å²) in [5, 5.41) is 9.38. The number of rotatable bonds is 3. The maximum atomic E-state index is 12.3. The highest BCUT2D eigenvalue weighted by Crippen LogP contribution is 2.30. The Morgan fingerprint density at radius 1 is 1.20 bits per heavy atom. The number of carbonyl (C=O) groups excluding carboxylic acids is 2. The molecule has 2 aliphatic rings. The van der Waals surface area contributed by atoms with E-state index in [0.29, 0.717) is 24.3 Å². The summed E-state index contributed by atoms with van der Waals surface area (Å²) in [6.45, 7) is 3.96. The first-order chi connectivity index (χ1) is 9.54. The molecule has 1 unspecified atom stereocenters. The van der Waals surface area contributed by atoms with Crippen LogP contribution in [0.25, 0.3) is 0 Å². The second-order valence-electron chi connectivity index (χ2n) is 6.00. The second kappa shape index (κ2) is 4.68. The summed E-state index contributed by atoms with van der Waals surface area (Å²) in [4.78, 5) is 27.9. The average Bonchev–Trinajstić information content (AvgIpc) is 2.95. The fourth-order valence-electron chi connectivity index (χ4n) is 2.94. The second-order valence-corrected chi connectivity index (χ2v) is 6.00. The van der Waals surface area contributed by atoms with Crippen molar-refractivity contribution in [1.29, 1.82) is 0 Å². The number of carbonyl (C=O) groups is 2. The molecule has 1 atom stereocenters. The quantitative estimate of drug-likeness (QED) is 0.834. The molecule has 1 saturated heterocycles. The summed E-state index contributed by atoms with van der Waals surface area (Å²) in [7, 11) is 0. The number of nitrogens with zero attached hydrogens (tertiary/aromatic N) is 2. The van der Waals surface area contributed by atoms with Crippen molar-refractivity contribution in [2.24, 2.45) is 5.41 Å². The molecule has 1 aromatic carbocycles. The fourth-order valence-corrected chi connectivity index (χ4v) is 2.94. The Labute approximate surface area is 117 Å². The molecule has 0 radical (unpaired) electrons. The van der Waals surface area contributed by atoms with Crippen molar-refractivity contribution in [3.8, 4) is 0 Å². The number of amides is 2. The summed E-state index contributed by atoms with van der Waals surface area (Å²) in [5.41, 5.74) is 0.849. The van der Waals surface area contributed by atoms with E-state index in [4.69, 9.17) is 0 Å². The van der Waals surface area contributed by atoms with E-state index in [1.165, 1.54) is 4.90 Å². The van der Waals surface area contributed by atoms with Crippen LogP contribution in [0.1, 0.15) is 34.1 Å². The third-order valence-corrected chi connectivity index (χ3v) is 4.24. The largest absolute Gasteiger partial charge is 0.396 e. The van der Waals surface area contributed by atoms with Gasteiger partial charge in [0, 0.05) is 25.1 Å². The van der Waals surface area contributed by atoms with Crippen LogP contribution < -0.4 is 0 Å². The van der Waals surface area contributed by atoms with E-state index in [1.807, 2.05) is 6.92 Å². The number of imide groups is 1. The van der Waals surface area contributed by atoms with E-state index < -0.39 is 0 Å². The first kappa shape index (κ1) is 13.3. The predicted molar refractivity (Wildman–Crippen MR) is 73.2 cm³/mol. The molecule has 2 amide bonds. The predicted octanol–water partition coefficient (Wildman–Crippen LogP) is 0.944. The Bertz CT molecular complexity index is 537. The average molecular weight is 274 g/mol. The molecule has 20 heavy (non-hydrogen) atoms. The van der Waals surface area contributed by atoms with Crippen molar-refractivity contribution < 1.29 is 14.7 Å². The van der Waals surface area contributed by atoms with Crippen molar-refractivity contribution in [1.82, 2.24) is 9.80 Å². The van der Waals surface area contributed by atoms with Gasteiger partial charge in [-0.3, -0.25) is 19.4 Å². The Hall–Kier alpha value is -1.72. The first-order valence-corrected chi connectivity index (χ1v) is 6.82. The summed E-state index contributed by atoms with van der Waals surface area (Å²) in [6, 6.07) is 6.92. The van der Waals surface area contributed by atoms with Gasteiger partial charge in [-0.15, -0.1) is 0 Å². The Morgan fingerprint density at radius 2 is 1.80 bits per heavy atom. The van der Waals surface area contributed by atoms with Crippen LogP contribution in [-0.4, -0.2) is 53.1 Å². The maximum Gasteiger partial charge on any atom is 0.262 e. The van der Waals surface area contributed by atoms with Gasteiger partial charge in [0.15, 0.2) is 0 Å². The van der Waals surface area contributed by atoms with Crippen LogP contribution in [0, 0.1) is 5.41 Å². The lowest BCUT2D eigenvalue weighted by molar-refractivity contribution is 0.0543.